The molecule has 23 heavy (non-hydrogen) atoms. The fourth-order valence-electron chi connectivity index (χ4n) is 3.52. The first kappa shape index (κ1) is 16.7. The van der Waals surface area contributed by atoms with Crippen LogP contribution in [0.4, 0.5) is 4.79 Å². The number of hydrogen-bond donors (Lipinski definition) is 2. The molecule has 5 nitrogen and oxygen atoms in total. The Bertz CT molecular complexity index is 468. The van der Waals surface area contributed by atoms with Crippen LogP contribution >= 0.6 is 11.3 Å². The van der Waals surface area contributed by atoms with E-state index in [1.807, 2.05) is 0 Å². The fraction of sp³-hybridized carbons (Fsp3) is 0.706. The summed E-state index contributed by atoms with van der Waals surface area (Å²) in [6.45, 7) is 5.10. The molecule has 2 N–H and O–H groups in total. The fourth-order valence-corrected chi connectivity index (χ4v) is 4.39. The minimum atomic E-state index is -0.0384. The summed E-state index contributed by atoms with van der Waals surface area (Å²) in [6.07, 6.45) is 5.01. The van der Waals surface area contributed by atoms with Crippen molar-refractivity contribution in [2.24, 2.45) is 5.92 Å². The molecular formula is C17H27N3O2S. The maximum absolute atomic E-state index is 12.3. The van der Waals surface area contributed by atoms with Crippen molar-refractivity contribution in [3.8, 4) is 0 Å². The van der Waals surface area contributed by atoms with Gasteiger partial charge in [0.15, 0.2) is 0 Å². The second kappa shape index (κ2) is 8.66. The molecule has 0 bridgehead atoms. The largest absolute Gasteiger partial charge is 0.379 e. The molecule has 2 amide bonds. The molecule has 3 rings (SSSR count). The van der Waals surface area contributed by atoms with Crippen LogP contribution in [0.2, 0.25) is 0 Å². The van der Waals surface area contributed by atoms with E-state index >= 15 is 0 Å². The molecule has 1 aliphatic carbocycles. The lowest BCUT2D eigenvalue weighted by Gasteiger charge is -2.27. The lowest BCUT2D eigenvalue weighted by Crippen LogP contribution is -2.45. The van der Waals surface area contributed by atoms with Gasteiger partial charge < -0.3 is 15.4 Å². The van der Waals surface area contributed by atoms with Gasteiger partial charge in [0.25, 0.3) is 0 Å². The number of nitrogens with one attached hydrogen (secondary N) is 2. The molecule has 2 aliphatic rings. The van der Waals surface area contributed by atoms with E-state index in [0.717, 1.165) is 32.8 Å². The zero-order valence-electron chi connectivity index (χ0n) is 13.6. The van der Waals surface area contributed by atoms with Gasteiger partial charge in [-0.3, -0.25) is 4.90 Å². The molecule has 1 aliphatic heterocycles. The summed E-state index contributed by atoms with van der Waals surface area (Å²) in [5, 5.41) is 8.33. The molecule has 128 valence electrons. The van der Waals surface area contributed by atoms with Crippen molar-refractivity contribution in [3.05, 3.63) is 22.4 Å². The van der Waals surface area contributed by atoms with Crippen LogP contribution in [-0.2, 0) is 4.74 Å². The van der Waals surface area contributed by atoms with Crippen LogP contribution < -0.4 is 10.6 Å². The van der Waals surface area contributed by atoms with E-state index in [4.69, 9.17) is 4.74 Å². The third-order valence-electron chi connectivity index (χ3n) is 4.82. The second-order valence-corrected chi connectivity index (χ2v) is 7.37. The Morgan fingerprint density at radius 1 is 1.35 bits per heavy atom. The Balaban J connectivity index is 1.45. The summed E-state index contributed by atoms with van der Waals surface area (Å²) in [7, 11) is 0. The smallest absolute Gasteiger partial charge is 0.315 e. The topological polar surface area (TPSA) is 53.6 Å². The number of hydrogen-bond acceptors (Lipinski definition) is 4. The summed E-state index contributed by atoms with van der Waals surface area (Å²) in [5.74, 6) is 0.582. The van der Waals surface area contributed by atoms with Crippen molar-refractivity contribution in [3.63, 3.8) is 0 Å². The molecule has 6 heteroatoms. The van der Waals surface area contributed by atoms with Crippen LogP contribution in [0.15, 0.2) is 17.5 Å². The van der Waals surface area contributed by atoms with Gasteiger partial charge in [-0.1, -0.05) is 18.9 Å². The Morgan fingerprint density at radius 2 is 2.13 bits per heavy atom. The van der Waals surface area contributed by atoms with Gasteiger partial charge in [0.1, 0.15) is 0 Å². The number of carbonyl (C=O) groups is 1. The Kier molecular flexibility index (Phi) is 6.30. The summed E-state index contributed by atoms with van der Waals surface area (Å²) in [5.41, 5.74) is 0. The lowest BCUT2D eigenvalue weighted by molar-refractivity contribution is 0.0387. The minimum absolute atomic E-state index is 0.0384. The number of morpholine rings is 1. The molecule has 2 heterocycles. The van der Waals surface area contributed by atoms with Crippen molar-refractivity contribution in [2.45, 2.75) is 31.7 Å². The van der Waals surface area contributed by atoms with Crippen LogP contribution in [0.1, 0.15) is 36.6 Å². The van der Waals surface area contributed by atoms with Gasteiger partial charge >= 0.3 is 6.03 Å². The van der Waals surface area contributed by atoms with Gasteiger partial charge in [0.2, 0.25) is 0 Å². The molecule has 1 atom stereocenters. The van der Waals surface area contributed by atoms with Crippen molar-refractivity contribution in [1.29, 1.82) is 0 Å². The Hall–Kier alpha value is -1.11. The van der Waals surface area contributed by atoms with Gasteiger partial charge in [-0.25, -0.2) is 4.79 Å². The molecule has 1 aromatic heterocycles. The first-order chi connectivity index (χ1) is 11.3. The summed E-state index contributed by atoms with van der Waals surface area (Å²) in [4.78, 5) is 15.9. The maximum atomic E-state index is 12.3. The normalized spacial score (nSPS) is 21.2. The van der Waals surface area contributed by atoms with Crippen LogP contribution in [0.3, 0.4) is 0 Å². The molecule has 1 saturated carbocycles. The molecule has 1 saturated heterocycles. The van der Waals surface area contributed by atoms with Gasteiger partial charge in [0.05, 0.1) is 19.3 Å². The maximum Gasteiger partial charge on any atom is 0.315 e. The van der Waals surface area contributed by atoms with E-state index in [2.05, 4.69) is 33.0 Å². The highest BCUT2D eigenvalue weighted by Crippen LogP contribution is 2.37. The average Bonchev–Trinajstić information content (AvgIpc) is 3.27. The molecule has 0 unspecified atom stereocenters. The SMILES string of the molecule is O=C(NCCN1CCOCC1)N[C@@H](c1cccs1)C1CCCC1. The van der Waals surface area contributed by atoms with Gasteiger partial charge in [0, 0.05) is 31.1 Å². The number of thiophene rings is 1. The third kappa shape index (κ3) is 4.93. The first-order valence-corrected chi connectivity index (χ1v) is 9.59. The van der Waals surface area contributed by atoms with Gasteiger partial charge in [-0.2, -0.15) is 0 Å². The Morgan fingerprint density at radius 3 is 2.83 bits per heavy atom. The molecular weight excluding hydrogens is 310 g/mol. The van der Waals surface area contributed by atoms with E-state index < -0.39 is 0 Å². The highest BCUT2D eigenvalue weighted by molar-refractivity contribution is 7.10. The molecule has 0 aromatic carbocycles. The third-order valence-corrected chi connectivity index (χ3v) is 5.78. The standard InChI is InChI=1S/C17H27N3O2S/c21-17(18-7-8-20-9-11-22-12-10-20)19-16(14-4-1-2-5-14)15-6-3-13-23-15/h3,6,13-14,16H,1-2,4-5,7-12H2,(H2,18,19,21)/t16-/m1/s1. The van der Waals surface area contributed by atoms with E-state index in [1.54, 1.807) is 11.3 Å². The van der Waals surface area contributed by atoms with Crippen molar-refractivity contribution >= 4 is 17.4 Å². The number of urea groups is 1. The van der Waals surface area contributed by atoms with Crippen LogP contribution in [0, 0.1) is 5.92 Å². The van der Waals surface area contributed by atoms with E-state index in [9.17, 15) is 4.79 Å². The number of carbonyl (C=O) groups excluding carboxylic acids is 1. The first-order valence-electron chi connectivity index (χ1n) is 8.71. The van der Waals surface area contributed by atoms with E-state index in [-0.39, 0.29) is 12.1 Å². The van der Waals surface area contributed by atoms with Gasteiger partial charge in [-0.05, 0) is 30.2 Å². The number of nitrogens with zero attached hydrogens (tertiary/aromatic N) is 1. The van der Waals surface area contributed by atoms with Gasteiger partial charge in [-0.15, -0.1) is 11.3 Å². The zero-order chi connectivity index (χ0) is 15.9. The summed E-state index contributed by atoms with van der Waals surface area (Å²) >= 11 is 1.74. The quantitative estimate of drug-likeness (QED) is 0.839. The highest BCUT2D eigenvalue weighted by atomic mass is 32.1. The van der Waals surface area contributed by atoms with Crippen LogP contribution in [0.5, 0.6) is 0 Å². The Labute approximate surface area is 142 Å². The molecule has 0 spiro atoms. The number of amides is 2. The van der Waals surface area contributed by atoms with Crippen molar-refractivity contribution < 1.29 is 9.53 Å². The van der Waals surface area contributed by atoms with Crippen molar-refractivity contribution in [1.82, 2.24) is 15.5 Å². The highest BCUT2D eigenvalue weighted by Gasteiger charge is 2.28. The predicted molar refractivity (Wildman–Crippen MR) is 92.8 cm³/mol. The molecule has 1 aromatic rings. The number of ether oxygens (including phenoxy) is 1. The van der Waals surface area contributed by atoms with E-state index in [1.165, 1.54) is 30.6 Å². The number of rotatable bonds is 6. The minimum Gasteiger partial charge on any atom is -0.379 e. The van der Waals surface area contributed by atoms with Crippen LogP contribution in [-0.4, -0.2) is 50.3 Å². The van der Waals surface area contributed by atoms with E-state index in [0.29, 0.717) is 12.5 Å². The lowest BCUT2D eigenvalue weighted by atomic mass is 9.97. The average molecular weight is 337 g/mol. The zero-order valence-corrected chi connectivity index (χ0v) is 14.4. The van der Waals surface area contributed by atoms with Crippen molar-refractivity contribution in [2.75, 3.05) is 39.4 Å². The monoisotopic (exact) mass is 337 g/mol. The summed E-state index contributed by atoms with van der Waals surface area (Å²) < 4.78 is 5.34. The predicted octanol–water partition coefficient (Wildman–Crippen LogP) is 2.61. The second-order valence-electron chi connectivity index (χ2n) is 6.39. The molecule has 0 radical (unpaired) electrons. The molecule has 2 fully saturated rings. The van der Waals surface area contributed by atoms with Crippen LogP contribution in [0.25, 0.3) is 0 Å². The summed E-state index contributed by atoms with van der Waals surface area (Å²) in [6, 6.07) is 4.34.